The fraction of sp³-hybridized carbons (Fsp3) is 0.318. The maximum Gasteiger partial charge on any atom is 0.211 e. The quantitative estimate of drug-likeness (QED) is 0.639. The van der Waals surface area contributed by atoms with Gasteiger partial charge in [0.25, 0.3) is 0 Å². The Hall–Kier alpha value is -2.71. The van der Waals surface area contributed by atoms with Gasteiger partial charge in [-0.2, -0.15) is 0 Å². The summed E-state index contributed by atoms with van der Waals surface area (Å²) in [5.41, 5.74) is 1.93. The van der Waals surface area contributed by atoms with E-state index in [1.165, 1.54) is 12.3 Å². The van der Waals surface area contributed by atoms with Gasteiger partial charge in [-0.15, -0.1) is 0 Å². The molecule has 2 heterocycles. The Balaban J connectivity index is 1.90. The predicted octanol–water partition coefficient (Wildman–Crippen LogP) is 2.96. The van der Waals surface area contributed by atoms with Gasteiger partial charge in [0.15, 0.2) is 0 Å². The molecule has 1 aliphatic rings. The lowest BCUT2D eigenvalue weighted by Gasteiger charge is -2.29. The molecule has 1 fully saturated rings. The summed E-state index contributed by atoms with van der Waals surface area (Å²) in [6, 6.07) is 7.49. The Morgan fingerprint density at radius 1 is 1.03 bits per heavy atom. The van der Waals surface area contributed by atoms with E-state index in [4.69, 9.17) is 4.74 Å². The summed E-state index contributed by atoms with van der Waals surface area (Å²) in [7, 11) is -2.39. The Morgan fingerprint density at radius 2 is 1.73 bits per heavy atom. The van der Waals surface area contributed by atoms with E-state index in [-0.39, 0.29) is 15.2 Å². The molecule has 1 aliphatic heterocycles. The number of pyridine rings is 1. The Morgan fingerprint density at radius 3 is 2.40 bits per heavy atom. The smallest absolute Gasteiger partial charge is 0.211 e. The molecule has 0 bridgehead atoms. The third-order valence-corrected chi connectivity index (χ3v) is 7.40. The average Bonchev–Trinajstić information content (AvgIpc) is 2.72. The van der Waals surface area contributed by atoms with Crippen molar-refractivity contribution in [3.05, 3.63) is 63.7 Å². The van der Waals surface area contributed by atoms with Gasteiger partial charge in [0.1, 0.15) is 10.7 Å². The number of fused-ring (bicyclic) bond motifs is 1. The van der Waals surface area contributed by atoms with Gasteiger partial charge in [-0.25, -0.2) is 12.8 Å². The van der Waals surface area contributed by atoms with E-state index in [0.717, 1.165) is 17.2 Å². The second-order valence-electron chi connectivity index (χ2n) is 7.60. The summed E-state index contributed by atoms with van der Waals surface area (Å²) < 4.78 is 48.1. The van der Waals surface area contributed by atoms with Gasteiger partial charge < -0.3 is 14.2 Å². The normalized spacial score (nSPS) is 15.0. The first kappa shape index (κ1) is 20.6. The van der Waals surface area contributed by atoms with Crippen LogP contribution in [0.5, 0.6) is 0 Å². The Bertz CT molecular complexity index is 1310. The average molecular weight is 431 g/mol. The van der Waals surface area contributed by atoms with Crippen molar-refractivity contribution in [2.75, 3.05) is 31.2 Å². The molecule has 0 amide bonds. The van der Waals surface area contributed by atoms with Crippen molar-refractivity contribution in [3.63, 3.8) is 0 Å². The highest BCUT2D eigenvalue weighted by molar-refractivity contribution is 7.91. The number of hydrogen-bond acceptors (Lipinski definition) is 5. The standard InChI is InChI=1S/C22H23FN2O4S/c1-14-4-5-16(10-15(14)2)30(27,28)21-13-24(3)19-12-20(25-6-8-29-9-7-25)18(23)11-17(19)22(21)26/h4-5,10-13H,6-9H2,1-3H3. The fourth-order valence-electron chi connectivity index (χ4n) is 3.71. The third kappa shape index (κ3) is 3.40. The summed E-state index contributed by atoms with van der Waals surface area (Å²) in [5.74, 6) is -0.553. The molecule has 0 N–H and O–H groups in total. The number of aromatic nitrogens is 1. The minimum atomic E-state index is -4.05. The molecule has 0 atom stereocenters. The first-order valence-corrected chi connectivity index (χ1v) is 11.2. The molecule has 8 heteroatoms. The van der Waals surface area contributed by atoms with E-state index in [2.05, 4.69) is 0 Å². The van der Waals surface area contributed by atoms with E-state index >= 15 is 0 Å². The number of morpholine rings is 1. The molecular formula is C22H23FN2O4S. The molecule has 1 aromatic heterocycles. The monoisotopic (exact) mass is 430 g/mol. The molecule has 2 aromatic carbocycles. The zero-order valence-corrected chi connectivity index (χ0v) is 17.9. The van der Waals surface area contributed by atoms with Gasteiger partial charge in [0.2, 0.25) is 15.3 Å². The van der Waals surface area contributed by atoms with Crippen LogP contribution in [0.4, 0.5) is 10.1 Å². The van der Waals surface area contributed by atoms with Crippen molar-refractivity contribution in [1.82, 2.24) is 4.57 Å². The number of aryl methyl sites for hydroxylation is 3. The topological polar surface area (TPSA) is 68.6 Å². The number of nitrogens with zero attached hydrogens (tertiary/aromatic N) is 2. The van der Waals surface area contributed by atoms with Crippen LogP contribution in [0.25, 0.3) is 10.9 Å². The highest BCUT2D eigenvalue weighted by Gasteiger charge is 2.25. The lowest BCUT2D eigenvalue weighted by Crippen LogP contribution is -2.36. The van der Waals surface area contributed by atoms with Crippen LogP contribution in [0.2, 0.25) is 0 Å². The lowest BCUT2D eigenvalue weighted by molar-refractivity contribution is 0.122. The zero-order chi connectivity index (χ0) is 21.6. The lowest BCUT2D eigenvalue weighted by atomic mass is 10.1. The first-order chi connectivity index (χ1) is 14.2. The van der Waals surface area contributed by atoms with Crippen LogP contribution in [0.15, 0.2) is 51.1 Å². The van der Waals surface area contributed by atoms with Crippen LogP contribution >= 0.6 is 0 Å². The van der Waals surface area contributed by atoms with Gasteiger partial charge >= 0.3 is 0 Å². The predicted molar refractivity (Wildman–Crippen MR) is 114 cm³/mol. The van der Waals surface area contributed by atoms with Gasteiger partial charge in [-0.1, -0.05) is 6.07 Å². The maximum absolute atomic E-state index is 14.9. The molecule has 30 heavy (non-hydrogen) atoms. The van der Waals surface area contributed by atoms with Crippen molar-refractivity contribution >= 4 is 26.4 Å². The van der Waals surface area contributed by atoms with Crippen molar-refractivity contribution in [2.45, 2.75) is 23.6 Å². The number of sulfone groups is 1. The van der Waals surface area contributed by atoms with Gasteiger partial charge in [0, 0.05) is 26.3 Å². The summed E-state index contributed by atoms with van der Waals surface area (Å²) in [6.45, 7) is 5.81. The highest BCUT2D eigenvalue weighted by atomic mass is 32.2. The van der Waals surface area contributed by atoms with E-state index in [1.54, 1.807) is 29.8 Å². The van der Waals surface area contributed by atoms with E-state index in [9.17, 15) is 17.6 Å². The number of hydrogen-bond donors (Lipinski definition) is 0. The van der Waals surface area contributed by atoms with Gasteiger partial charge in [-0.3, -0.25) is 4.79 Å². The molecule has 1 saturated heterocycles. The second-order valence-corrected chi connectivity index (χ2v) is 9.52. The van der Waals surface area contributed by atoms with Crippen LogP contribution in [-0.4, -0.2) is 39.3 Å². The van der Waals surface area contributed by atoms with Crippen LogP contribution in [0, 0.1) is 19.7 Å². The second kappa shape index (κ2) is 7.52. The number of rotatable bonds is 3. The first-order valence-electron chi connectivity index (χ1n) is 9.68. The summed E-state index contributed by atoms with van der Waals surface area (Å²) in [6.07, 6.45) is 1.32. The fourth-order valence-corrected chi connectivity index (χ4v) is 5.19. The Labute approximate surface area is 174 Å². The van der Waals surface area contributed by atoms with Crippen LogP contribution in [0.3, 0.4) is 0 Å². The number of anilines is 1. The van der Waals surface area contributed by atoms with E-state index < -0.39 is 21.1 Å². The molecule has 4 rings (SSSR count). The summed E-state index contributed by atoms with van der Waals surface area (Å²) in [4.78, 5) is 14.6. The molecule has 0 radical (unpaired) electrons. The molecule has 0 spiro atoms. The highest BCUT2D eigenvalue weighted by Crippen LogP contribution is 2.28. The van der Waals surface area contributed by atoms with Crippen LogP contribution in [-0.2, 0) is 21.6 Å². The summed E-state index contributed by atoms with van der Waals surface area (Å²) >= 11 is 0. The van der Waals surface area contributed by atoms with Crippen LogP contribution < -0.4 is 10.3 Å². The summed E-state index contributed by atoms with van der Waals surface area (Å²) in [5, 5.41) is 0.0388. The molecule has 0 unspecified atom stereocenters. The van der Waals surface area contributed by atoms with Gasteiger partial charge in [0.05, 0.1) is 34.7 Å². The minimum absolute atomic E-state index is 0.0388. The molecular weight excluding hydrogens is 407 g/mol. The van der Waals surface area contributed by atoms with E-state index in [1.807, 2.05) is 18.7 Å². The molecule has 3 aromatic rings. The maximum atomic E-state index is 14.9. The molecule has 0 aliphatic carbocycles. The number of benzene rings is 2. The number of halogens is 1. The zero-order valence-electron chi connectivity index (χ0n) is 17.1. The molecule has 6 nitrogen and oxygen atoms in total. The largest absolute Gasteiger partial charge is 0.378 e. The third-order valence-electron chi connectivity index (χ3n) is 5.65. The molecule has 0 saturated carbocycles. The number of ether oxygens (including phenoxy) is 1. The van der Waals surface area contributed by atoms with E-state index in [0.29, 0.717) is 37.5 Å². The SMILES string of the molecule is Cc1ccc(S(=O)(=O)c2cn(C)c3cc(N4CCOCC4)c(F)cc3c2=O)cc1C. The van der Waals surface area contributed by atoms with Gasteiger partial charge in [-0.05, 0) is 49.2 Å². The Kier molecular flexibility index (Phi) is 5.15. The van der Waals surface area contributed by atoms with Crippen molar-refractivity contribution in [1.29, 1.82) is 0 Å². The van der Waals surface area contributed by atoms with Crippen molar-refractivity contribution in [2.24, 2.45) is 7.05 Å². The van der Waals surface area contributed by atoms with Crippen molar-refractivity contribution < 1.29 is 17.5 Å². The van der Waals surface area contributed by atoms with Crippen LogP contribution in [0.1, 0.15) is 11.1 Å². The minimum Gasteiger partial charge on any atom is -0.378 e. The van der Waals surface area contributed by atoms with Crippen molar-refractivity contribution in [3.8, 4) is 0 Å². The molecule has 158 valence electrons.